The predicted molar refractivity (Wildman–Crippen MR) is 246 cm³/mol. The van der Waals surface area contributed by atoms with Crippen LogP contribution in [0.25, 0.3) is 44.4 Å². The second-order valence-corrected chi connectivity index (χ2v) is 16.2. The molecule has 0 radical (unpaired) electrons. The Morgan fingerprint density at radius 3 is 0.667 bits per heavy atom. The number of allylic oxidation sites excluding steroid dienone is 4. The standard InChI is InChI=1S/C52H76N4.Ni/c1-13-25-29-41-45-33(17-5)35(19-7)47(53-45)42(30-26-14-2)49-37(21-9)39(23-11)51(55-49)44(32-28-16-4)52-40(24-12)38(22-10)50(56-52)43(31-27-15-3)48-36(20-8)34(18-6)46(41)54-48;/h13-32H2,1-12H3;/q-2;+2. The summed E-state index contributed by atoms with van der Waals surface area (Å²) >= 11 is 0. The van der Waals surface area contributed by atoms with Gasteiger partial charge in [-0.1, -0.05) is 131 Å². The molecule has 0 amide bonds. The van der Waals surface area contributed by atoms with Gasteiger partial charge in [0.2, 0.25) is 0 Å². The van der Waals surface area contributed by atoms with Crippen molar-refractivity contribution in [3.8, 4) is 0 Å². The largest absolute Gasteiger partial charge is 2.00 e. The van der Waals surface area contributed by atoms with E-state index in [-0.39, 0.29) is 16.5 Å². The number of unbranched alkanes of at least 4 members (excludes halogenated alkanes) is 4. The molecule has 5 heteroatoms. The number of nitrogens with zero attached hydrogens (tertiary/aromatic N) is 4. The Balaban J connectivity index is 0.00000720. The van der Waals surface area contributed by atoms with Crippen molar-refractivity contribution < 1.29 is 16.5 Å². The number of aryl methyl sites for hydroxylation is 8. The van der Waals surface area contributed by atoms with E-state index in [1.807, 2.05) is 0 Å². The van der Waals surface area contributed by atoms with Crippen LogP contribution in [-0.2, 0) is 67.9 Å². The zero-order valence-electron chi connectivity index (χ0n) is 38.2. The summed E-state index contributed by atoms with van der Waals surface area (Å²) in [7, 11) is 0. The molecule has 0 aliphatic carbocycles. The third-order valence-corrected chi connectivity index (χ3v) is 12.9. The van der Waals surface area contributed by atoms with E-state index >= 15 is 0 Å². The van der Waals surface area contributed by atoms with Gasteiger partial charge in [0.05, 0.1) is 22.8 Å². The van der Waals surface area contributed by atoms with E-state index in [1.165, 1.54) is 112 Å². The first-order valence-corrected chi connectivity index (χ1v) is 23.5. The summed E-state index contributed by atoms with van der Waals surface area (Å²) in [5.74, 6) is 0. The quantitative estimate of drug-likeness (QED) is 0.107. The SMILES string of the molecule is CCCCc1c2nc(c(CCCC)c3[n-]c(c(CCCC)c4nc(c(CCCC)c5[n-]c1c(CC)c5CC)C(CC)=C4CC)c(CC)c3CC)C(CC)=C2CC.[Ni+2]. The van der Waals surface area contributed by atoms with Crippen LogP contribution in [-0.4, -0.2) is 9.97 Å². The Hall–Kier alpha value is -2.91. The number of fused-ring (bicyclic) bond motifs is 8. The first kappa shape index (κ1) is 46.8. The summed E-state index contributed by atoms with van der Waals surface area (Å²) in [6.45, 7) is 28.1. The molecule has 0 spiro atoms. The summed E-state index contributed by atoms with van der Waals surface area (Å²) < 4.78 is 0. The molecule has 0 aromatic carbocycles. The average Bonchev–Trinajstić information content (AvgIpc) is 3.98. The summed E-state index contributed by atoms with van der Waals surface area (Å²) in [6.07, 6.45) is 20.9. The van der Waals surface area contributed by atoms with Crippen molar-refractivity contribution in [2.24, 2.45) is 0 Å². The Bertz CT molecular complexity index is 1800. The summed E-state index contributed by atoms with van der Waals surface area (Å²) in [4.78, 5) is 23.6. The molecule has 2 aliphatic rings. The summed E-state index contributed by atoms with van der Waals surface area (Å²) in [5, 5.41) is 0. The summed E-state index contributed by atoms with van der Waals surface area (Å²) in [5.41, 5.74) is 26.7. The fourth-order valence-corrected chi connectivity index (χ4v) is 9.98. The van der Waals surface area contributed by atoms with Gasteiger partial charge in [-0.15, -0.1) is 22.1 Å². The Kier molecular flexibility index (Phi) is 18.0. The van der Waals surface area contributed by atoms with Crippen molar-refractivity contribution in [2.45, 2.75) is 212 Å². The monoisotopic (exact) mass is 815 g/mol. The Morgan fingerprint density at radius 2 is 0.509 bits per heavy atom. The molecule has 8 bridgehead atoms. The molecule has 0 unspecified atom stereocenters. The second kappa shape index (κ2) is 21.9. The van der Waals surface area contributed by atoms with E-state index in [0.29, 0.717) is 0 Å². The molecule has 314 valence electrons. The zero-order chi connectivity index (χ0) is 40.5. The van der Waals surface area contributed by atoms with Crippen LogP contribution < -0.4 is 9.97 Å². The molecule has 0 atom stereocenters. The predicted octanol–water partition coefficient (Wildman–Crippen LogP) is 14.7. The Morgan fingerprint density at radius 1 is 0.298 bits per heavy atom. The molecule has 0 fully saturated rings. The van der Waals surface area contributed by atoms with E-state index in [2.05, 4.69) is 83.1 Å². The molecule has 0 saturated carbocycles. The minimum atomic E-state index is 0. The summed E-state index contributed by atoms with van der Waals surface area (Å²) in [6, 6.07) is 0. The van der Waals surface area contributed by atoms with Crippen molar-refractivity contribution in [2.75, 3.05) is 0 Å². The second-order valence-electron chi connectivity index (χ2n) is 16.2. The van der Waals surface area contributed by atoms with E-state index in [0.717, 1.165) is 128 Å². The maximum absolute atomic E-state index is 5.90. The molecule has 3 aromatic heterocycles. The van der Waals surface area contributed by atoms with Gasteiger partial charge in [-0.05, 0) is 147 Å². The van der Waals surface area contributed by atoms with Gasteiger partial charge in [-0.2, -0.15) is 0 Å². The molecule has 0 N–H and O–H groups in total. The number of rotatable bonds is 20. The fourth-order valence-electron chi connectivity index (χ4n) is 9.98. The normalized spacial score (nSPS) is 13.0. The van der Waals surface area contributed by atoms with E-state index < -0.39 is 0 Å². The van der Waals surface area contributed by atoms with E-state index in [1.54, 1.807) is 0 Å². The molecule has 3 aromatic rings. The maximum Gasteiger partial charge on any atom is 2.00 e. The number of hydrogen-bond acceptors (Lipinski definition) is 2. The van der Waals surface area contributed by atoms with E-state index in [4.69, 9.17) is 19.9 Å². The number of aromatic nitrogens is 4. The molecule has 4 nitrogen and oxygen atoms in total. The first-order chi connectivity index (χ1) is 27.3. The van der Waals surface area contributed by atoms with Crippen LogP contribution in [0.3, 0.4) is 0 Å². The van der Waals surface area contributed by atoms with Crippen LogP contribution in [0, 0.1) is 0 Å². The zero-order valence-corrected chi connectivity index (χ0v) is 39.2. The van der Waals surface area contributed by atoms with Crippen molar-refractivity contribution in [3.05, 3.63) is 67.3 Å². The molecule has 2 aliphatic heterocycles. The van der Waals surface area contributed by atoms with Gasteiger partial charge in [-0.25, -0.2) is 9.97 Å². The van der Waals surface area contributed by atoms with E-state index in [9.17, 15) is 0 Å². The first-order valence-electron chi connectivity index (χ1n) is 23.5. The third kappa shape index (κ3) is 8.86. The van der Waals surface area contributed by atoms with Gasteiger partial charge in [-0.3, -0.25) is 0 Å². The van der Waals surface area contributed by atoms with Gasteiger partial charge in [0, 0.05) is 0 Å². The average molecular weight is 816 g/mol. The van der Waals surface area contributed by atoms with Crippen molar-refractivity contribution in [1.82, 2.24) is 19.9 Å². The van der Waals surface area contributed by atoms with Crippen LogP contribution in [0.15, 0.2) is 0 Å². The molecule has 57 heavy (non-hydrogen) atoms. The molecule has 5 heterocycles. The Labute approximate surface area is 358 Å². The van der Waals surface area contributed by atoms with Crippen LogP contribution in [0.1, 0.15) is 227 Å². The minimum Gasteiger partial charge on any atom is -0.657 e. The van der Waals surface area contributed by atoms with Crippen LogP contribution in [0.2, 0.25) is 0 Å². The molecular formula is C52H76N4Ni. The molecule has 5 rings (SSSR count). The third-order valence-electron chi connectivity index (χ3n) is 12.9. The number of hydrogen-bond donors (Lipinski definition) is 0. The van der Waals surface area contributed by atoms with Crippen molar-refractivity contribution >= 4 is 44.4 Å². The van der Waals surface area contributed by atoms with Gasteiger partial charge >= 0.3 is 16.5 Å². The fraction of sp³-hybridized carbons (Fsp3) is 0.615. The van der Waals surface area contributed by atoms with Gasteiger partial charge in [0.1, 0.15) is 0 Å². The smallest absolute Gasteiger partial charge is 0.657 e. The topological polar surface area (TPSA) is 54.0 Å². The molecule has 0 saturated heterocycles. The van der Waals surface area contributed by atoms with Crippen molar-refractivity contribution in [1.29, 1.82) is 0 Å². The van der Waals surface area contributed by atoms with Gasteiger partial charge < -0.3 is 9.97 Å². The van der Waals surface area contributed by atoms with Gasteiger partial charge in [0.25, 0.3) is 0 Å². The van der Waals surface area contributed by atoms with Gasteiger partial charge in [0.15, 0.2) is 0 Å². The van der Waals surface area contributed by atoms with Crippen molar-refractivity contribution in [3.63, 3.8) is 0 Å². The molecular weight excluding hydrogens is 739 g/mol. The van der Waals surface area contributed by atoms with Crippen LogP contribution in [0.4, 0.5) is 0 Å². The maximum atomic E-state index is 5.90. The minimum absolute atomic E-state index is 0. The van der Waals surface area contributed by atoms with Crippen LogP contribution in [0.5, 0.6) is 0 Å². The van der Waals surface area contributed by atoms with Crippen LogP contribution >= 0.6 is 0 Å².